The van der Waals surface area contributed by atoms with Crippen molar-refractivity contribution >= 4 is 5.91 Å². The number of carbonyl (C=O) groups excluding carboxylic acids is 1. The molecule has 2 heterocycles. The molecule has 2 aromatic carbocycles. The molecule has 0 bridgehead atoms. The predicted molar refractivity (Wildman–Crippen MR) is 116 cm³/mol. The molecule has 1 aliphatic rings. The molecular weight excluding hydrogens is 376 g/mol. The van der Waals surface area contributed by atoms with E-state index in [9.17, 15) is 4.79 Å². The summed E-state index contributed by atoms with van der Waals surface area (Å²) in [4.78, 5) is 15.1. The molecule has 1 N–H and O–H groups in total. The van der Waals surface area contributed by atoms with E-state index < -0.39 is 0 Å². The van der Waals surface area contributed by atoms with Crippen LogP contribution >= 0.6 is 0 Å². The highest BCUT2D eigenvalue weighted by Crippen LogP contribution is 2.24. The zero-order valence-electron chi connectivity index (χ0n) is 17.1. The van der Waals surface area contributed by atoms with Crippen LogP contribution in [0.3, 0.4) is 0 Å². The first kappa shape index (κ1) is 20.2. The highest BCUT2D eigenvalue weighted by Gasteiger charge is 2.25. The standard InChI is InChI=1S/C25H28N2O3/c28-25(21-11-13-22(14-12-21)30-19-20-8-3-1-4-9-20)26-18-23(24-10-7-17-29-24)27-15-5-2-6-16-27/h1,3-4,7-14,17,23H,2,5-6,15-16,18-19H2,(H,26,28)/t23-/m0/s1. The summed E-state index contributed by atoms with van der Waals surface area (Å²) in [5.74, 6) is 1.57. The highest BCUT2D eigenvalue weighted by atomic mass is 16.5. The Hall–Kier alpha value is -3.05. The minimum Gasteiger partial charge on any atom is -0.489 e. The van der Waals surface area contributed by atoms with E-state index in [1.54, 1.807) is 18.4 Å². The first-order chi connectivity index (χ1) is 14.8. The second-order valence-corrected chi connectivity index (χ2v) is 7.64. The number of likely N-dealkylation sites (tertiary alicyclic amines) is 1. The minimum absolute atomic E-state index is 0.0673. The zero-order chi connectivity index (χ0) is 20.6. The number of nitrogens with zero attached hydrogens (tertiary/aromatic N) is 1. The lowest BCUT2D eigenvalue weighted by Gasteiger charge is -2.33. The number of ether oxygens (including phenoxy) is 1. The van der Waals surface area contributed by atoms with Crippen molar-refractivity contribution in [2.75, 3.05) is 19.6 Å². The molecule has 1 fully saturated rings. The number of hydrogen-bond acceptors (Lipinski definition) is 4. The van der Waals surface area contributed by atoms with Crippen LogP contribution in [0.5, 0.6) is 5.75 Å². The van der Waals surface area contributed by atoms with Gasteiger partial charge in [-0.15, -0.1) is 0 Å². The third kappa shape index (κ3) is 5.30. The number of rotatable bonds is 8. The molecular formula is C25H28N2O3. The van der Waals surface area contributed by atoms with Gasteiger partial charge >= 0.3 is 0 Å². The van der Waals surface area contributed by atoms with Crippen molar-refractivity contribution in [2.45, 2.75) is 31.9 Å². The molecule has 5 heteroatoms. The number of carbonyl (C=O) groups is 1. The van der Waals surface area contributed by atoms with Gasteiger partial charge in [-0.3, -0.25) is 9.69 Å². The maximum Gasteiger partial charge on any atom is 0.251 e. The summed E-state index contributed by atoms with van der Waals surface area (Å²) in [7, 11) is 0. The molecule has 156 valence electrons. The Labute approximate surface area is 177 Å². The predicted octanol–water partition coefficient (Wildman–Crippen LogP) is 4.82. The van der Waals surface area contributed by atoms with Crippen molar-refractivity contribution in [1.29, 1.82) is 0 Å². The van der Waals surface area contributed by atoms with E-state index in [0.717, 1.165) is 30.2 Å². The lowest BCUT2D eigenvalue weighted by molar-refractivity contribution is 0.0914. The maximum atomic E-state index is 12.7. The van der Waals surface area contributed by atoms with Crippen LogP contribution in [0.1, 0.15) is 47.0 Å². The van der Waals surface area contributed by atoms with Gasteiger partial charge in [0, 0.05) is 12.1 Å². The number of amides is 1. The van der Waals surface area contributed by atoms with Crippen molar-refractivity contribution < 1.29 is 13.9 Å². The highest BCUT2D eigenvalue weighted by molar-refractivity contribution is 5.94. The molecule has 1 aliphatic heterocycles. The number of furan rings is 1. The Morgan fingerprint density at radius 1 is 0.967 bits per heavy atom. The van der Waals surface area contributed by atoms with Gasteiger partial charge in [0.25, 0.3) is 5.91 Å². The fourth-order valence-electron chi connectivity index (χ4n) is 3.86. The number of hydrogen-bond donors (Lipinski definition) is 1. The number of piperidine rings is 1. The zero-order valence-corrected chi connectivity index (χ0v) is 17.1. The van der Waals surface area contributed by atoms with Crippen LogP contribution in [-0.2, 0) is 6.61 Å². The Morgan fingerprint density at radius 2 is 1.73 bits per heavy atom. The molecule has 0 unspecified atom stereocenters. The van der Waals surface area contributed by atoms with Crippen LogP contribution in [0, 0.1) is 0 Å². The smallest absolute Gasteiger partial charge is 0.251 e. The molecule has 1 atom stereocenters. The van der Waals surface area contributed by atoms with Gasteiger partial charge in [0.1, 0.15) is 18.1 Å². The van der Waals surface area contributed by atoms with Gasteiger partial charge in [-0.1, -0.05) is 36.8 Å². The van der Waals surface area contributed by atoms with Crippen LogP contribution < -0.4 is 10.1 Å². The molecule has 1 aromatic heterocycles. The van der Waals surface area contributed by atoms with Crippen molar-refractivity contribution in [3.8, 4) is 5.75 Å². The molecule has 0 saturated carbocycles. The van der Waals surface area contributed by atoms with Crippen LogP contribution in [0.2, 0.25) is 0 Å². The van der Waals surface area contributed by atoms with Crippen molar-refractivity contribution in [1.82, 2.24) is 10.2 Å². The SMILES string of the molecule is O=C(NC[C@@H](c1ccco1)N1CCCCC1)c1ccc(OCc2ccccc2)cc1. The van der Waals surface area contributed by atoms with Gasteiger partial charge in [-0.05, 0) is 67.9 Å². The molecule has 1 amide bonds. The summed E-state index contributed by atoms with van der Waals surface area (Å²) in [5, 5.41) is 3.08. The molecule has 5 nitrogen and oxygen atoms in total. The first-order valence-electron chi connectivity index (χ1n) is 10.6. The third-order valence-electron chi connectivity index (χ3n) is 5.52. The first-order valence-corrected chi connectivity index (χ1v) is 10.6. The summed E-state index contributed by atoms with van der Waals surface area (Å²) in [6, 6.07) is 21.3. The molecule has 1 saturated heterocycles. The van der Waals surface area contributed by atoms with Crippen molar-refractivity contribution in [3.05, 3.63) is 89.9 Å². The number of benzene rings is 2. The second-order valence-electron chi connectivity index (χ2n) is 7.64. The molecule has 0 spiro atoms. The van der Waals surface area contributed by atoms with E-state index >= 15 is 0 Å². The monoisotopic (exact) mass is 404 g/mol. The van der Waals surface area contributed by atoms with Crippen molar-refractivity contribution in [3.63, 3.8) is 0 Å². The number of nitrogens with one attached hydrogen (secondary N) is 1. The van der Waals surface area contributed by atoms with Crippen molar-refractivity contribution in [2.24, 2.45) is 0 Å². The van der Waals surface area contributed by atoms with Crippen LogP contribution in [0.15, 0.2) is 77.4 Å². The van der Waals surface area contributed by atoms with E-state index in [0.29, 0.717) is 18.7 Å². The average molecular weight is 405 g/mol. The quantitative estimate of drug-likeness (QED) is 0.585. The lowest BCUT2D eigenvalue weighted by atomic mass is 10.1. The Balaban J connectivity index is 1.33. The van der Waals surface area contributed by atoms with E-state index in [1.165, 1.54) is 19.3 Å². The van der Waals surface area contributed by atoms with Crippen LogP contribution in [-0.4, -0.2) is 30.4 Å². The maximum absolute atomic E-state index is 12.7. The summed E-state index contributed by atoms with van der Waals surface area (Å²) >= 11 is 0. The average Bonchev–Trinajstić information content (AvgIpc) is 3.34. The van der Waals surface area contributed by atoms with Gasteiger partial charge in [-0.25, -0.2) is 0 Å². The summed E-state index contributed by atoms with van der Waals surface area (Å²) in [6.45, 7) is 3.11. The van der Waals surface area contributed by atoms with Gasteiger partial charge in [-0.2, -0.15) is 0 Å². The minimum atomic E-state index is -0.0850. The molecule has 4 rings (SSSR count). The van der Waals surface area contributed by atoms with Gasteiger partial charge < -0.3 is 14.5 Å². The Kier molecular flexibility index (Phi) is 6.83. The van der Waals surface area contributed by atoms with E-state index in [-0.39, 0.29) is 11.9 Å². The topological polar surface area (TPSA) is 54.7 Å². The molecule has 0 aliphatic carbocycles. The normalized spacial score (nSPS) is 15.5. The molecule has 30 heavy (non-hydrogen) atoms. The fraction of sp³-hybridized carbons (Fsp3) is 0.320. The summed E-state index contributed by atoms with van der Waals surface area (Å²) in [6.07, 6.45) is 5.35. The lowest BCUT2D eigenvalue weighted by Crippen LogP contribution is -2.40. The Bertz CT molecular complexity index is 901. The Morgan fingerprint density at radius 3 is 2.43 bits per heavy atom. The van der Waals surface area contributed by atoms with E-state index in [1.807, 2.05) is 54.6 Å². The van der Waals surface area contributed by atoms with E-state index in [2.05, 4.69) is 10.2 Å². The van der Waals surface area contributed by atoms with Gasteiger partial charge in [0.15, 0.2) is 0 Å². The molecule has 3 aromatic rings. The third-order valence-corrected chi connectivity index (χ3v) is 5.52. The fourth-order valence-corrected chi connectivity index (χ4v) is 3.86. The molecule has 0 radical (unpaired) electrons. The second kappa shape index (κ2) is 10.1. The van der Waals surface area contributed by atoms with Crippen LogP contribution in [0.25, 0.3) is 0 Å². The van der Waals surface area contributed by atoms with Gasteiger partial charge in [0.2, 0.25) is 0 Å². The largest absolute Gasteiger partial charge is 0.489 e. The van der Waals surface area contributed by atoms with E-state index in [4.69, 9.17) is 9.15 Å². The van der Waals surface area contributed by atoms with Gasteiger partial charge in [0.05, 0.1) is 12.3 Å². The van der Waals surface area contributed by atoms with Crippen LogP contribution in [0.4, 0.5) is 0 Å². The summed E-state index contributed by atoms with van der Waals surface area (Å²) in [5.41, 5.74) is 1.74. The summed E-state index contributed by atoms with van der Waals surface area (Å²) < 4.78 is 11.5.